The van der Waals surface area contributed by atoms with Crippen molar-refractivity contribution in [2.75, 3.05) is 0 Å². The van der Waals surface area contributed by atoms with E-state index in [0.717, 1.165) is 16.5 Å². The first kappa shape index (κ1) is 7.18. The average Bonchev–Trinajstić information content (AvgIpc) is 2.43. The number of H-pyrrole nitrogens is 1. The van der Waals surface area contributed by atoms with Crippen LogP contribution in [-0.2, 0) is 6.61 Å². The molecule has 1 aromatic heterocycles. The van der Waals surface area contributed by atoms with Gasteiger partial charge >= 0.3 is 0 Å². The predicted molar refractivity (Wildman–Crippen MR) is 45.9 cm³/mol. The third kappa shape index (κ3) is 1.04. The topological polar surface area (TPSA) is 56.2 Å². The minimum atomic E-state index is 0.0296. The second-order valence-electron chi connectivity index (χ2n) is 2.73. The first-order chi connectivity index (χ1) is 5.79. The van der Waals surface area contributed by atoms with Gasteiger partial charge in [-0.05, 0) is 17.7 Å². The largest absolute Gasteiger partial charge is 0.495 e. The van der Waals surface area contributed by atoms with E-state index in [0.29, 0.717) is 0 Å². The number of aromatic nitrogens is 1. The van der Waals surface area contributed by atoms with Gasteiger partial charge in [-0.3, -0.25) is 0 Å². The smallest absolute Gasteiger partial charge is 0.189 e. The Hall–Kier alpha value is -1.48. The molecule has 0 aliphatic heterocycles. The first-order valence-corrected chi connectivity index (χ1v) is 3.71. The van der Waals surface area contributed by atoms with Crippen molar-refractivity contribution in [2.45, 2.75) is 6.61 Å². The summed E-state index contributed by atoms with van der Waals surface area (Å²) in [6, 6.07) is 7.12. The van der Waals surface area contributed by atoms with Crippen LogP contribution in [0.3, 0.4) is 0 Å². The van der Waals surface area contributed by atoms with E-state index in [4.69, 9.17) is 10.2 Å². The summed E-state index contributed by atoms with van der Waals surface area (Å²) >= 11 is 0. The minimum absolute atomic E-state index is 0.0296. The van der Waals surface area contributed by atoms with Crippen molar-refractivity contribution in [1.29, 1.82) is 0 Å². The highest BCUT2D eigenvalue weighted by atomic mass is 16.3. The summed E-state index contributed by atoms with van der Waals surface area (Å²) in [7, 11) is 0. The zero-order valence-electron chi connectivity index (χ0n) is 6.41. The lowest BCUT2D eigenvalue weighted by atomic mass is 10.2. The van der Waals surface area contributed by atoms with Crippen LogP contribution >= 0.6 is 0 Å². The van der Waals surface area contributed by atoms with Crippen LogP contribution in [0.15, 0.2) is 24.3 Å². The van der Waals surface area contributed by atoms with Gasteiger partial charge < -0.3 is 15.2 Å². The summed E-state index contributed by atoms with van der Waals surface area (Å²) in [5.41, 5.74) is 1.73. The Kier molecular flexibility index (Phi) is 1.52. The van der Waals surface area contributed by atoms with Gasteiger partial charge in [0.05, 0.1) is 6.61 Å². The van der Waals surface area contributed by atoms with E-state index in [1.54, 1.807) is 6.07 Å². The second kappa shape index (κ2) is 2.53. The van der Waals surface area contributed by atoms with Crippen molar-refractivity contribution in [3.63, 3.8) is 0 Å². The van der Waals surface area contributed by atoms with Crippen LogP contribution in [-0.4, -0.2) is 15.2 Å². The van der Waals surface area contributed by atoms with Gasteiger partial charge in [-0.2, -0.15) is 0 Å². The molecule has 3 heteroatoms. The number of fused-ring (bicyclic) bond motifs is 1. The van der Waals surface area contributed by atoms with Crippen LogP contribution < -0.4 is 0 Å². The Labute approximate surface area is 69.3 Å². The fraction of sp³-hybridized carbons (Fsp3) is 0.111. The van der Waals surface area contributed by atoms with Crippen LogP contribution in [0.5, 0.6) is 5.88 Å². The highest BCUT2D eigenvalue weighted by molar-refractivity contribution is 5.81. The molecule has 0 unspecified atom stereocenters. The number of aromatic amines is 1. The average molecular weight is 163 g/mol. The fourth-order valence-electron chi connectivity index (χ4n) is 1.27. The Balaban J connectivity index is 2.66. The Morgan fingerprint density at radius 2 is 2.08 bits per heavy atom. The third-order valence-corrected chi connectivity index (χ3v) is 1.85. The second-order valence-corrected chi connectivity index (χ2v) is 2.73. The molecular weight excluding hydrogens is 154 g/mol. The van der Waals surface area contributed by atoms with Crippen LogP contribution in [0.1, 0.15) is 5.56 Å². The normalized spacial score (nSPS) is 10.8. The summed E-state index contributed by atoms with van der Waals surface area (Å²) in [5, 5.41) is 18.8. The molecule has 3 N–H and O–H groups in total. The predicted octanol–water partition coefficient (Wildman–Crippen LogP) is 1.37. The molecule has 1 aromatic carbocycles. The van der Waals surface area contributed by atoms with Crippen LogP contribution in [0.25, 0.3) is 10.9 Å². The molecule has 1 heterocycles. The highest BCUT2D eigenvalue weighted by Gasteiger charge is 1.98. The van der Waals surface area contributed by atoms with Crippen molar-refractivity contribution in [3.05, 3.63) is 29.8 Å². The van der Waals surface area contributed by atoms with E-state index in [2.05, 4.69) is 4.98 Å². The lowest BCUT2D eigenvalue weighted by Crippen LogP contribution is -1.80. The number of hydrogen-bond donors (Lipinski definition) is 3. The molecule has 62 valence electrons. The molecule has 2 rings (SSSR count). The summed E-state index contributed by atoms with van der Waals surface area (Å²) in [4.78, 5) is 2.78. The zero-order chi connectivity index (χ0) is 8.55. The lowest BCUT2D eigenvalue weighted by molar-refractivity contribution is 0.282. The maximum atomic E-state index is 9.10. The number of aliphatic hydroxyl groups is 1. The third-order valence-electron chi connectivity index (χ3n) is 1.85. The number of nitrogens with one attached hydrogen (secondary N) is 1. The SMILES string of the molecule is OCc1ccc2[nH]c(O)cc2c1. The van der Waals surface area contributed by atoms with Gasteiger partial charge in [-0.15, -0.1) is 0 Å². The molecule has 0 atom stereocenters. The van der Waals surface area contributed by atoms with Crippen molar-refractivity contribution in [2.24, 2.45) is 0 Å². The van der Waals surface area contributed by atoms with Crippen molar-refractivity contribution in [3.8, 4) is 5.88 Å². The van der Waals surface area contributed by atoms with E-state index in [1.165, 1.54) is 0 Å². The van der Waals surface area contributed by atoms with Gasteiger partial charge in [0.15, 0.2) is 5.88 Å². The van der Waals surface area contributed by atoms with Crippen LogP contribution in [0.4, 0.5) is 0 Å². The molecule has 0 bridgehead atoms. The molecule has 12 heavy (non-hydrogen) atoms. The van der Waals surface area contributed by atoms with E-state index in [1.807, 2.05) is 18.2 Å². The number of aromatic hydroxyl groups is 1. The number of aliphatic hydroxyl groups excluding tert-OH is 1. The molecular formula is C9H9NO2. The Morgan fingerprint density at radius 3 is 2.83 bits per heavy atom. The molecule has 3 nitrogen and oxygen atoms in total. The van der Waals surface area contributed by atoms with Gasteiger partial charge in [0.1, 0.15) is 0 Å². The zero-order valence-corrected chi connectivity index (χ0v) is 6.41. The quantitative estimate of drug-likeness (QED) is 0.594. The van der Waals surface area contributed by atoms with Crippen molar-refractivity contribution >= 4 is 10.9 Å². The summed E-state index contributed by atoms with van der Waals surface area (Å²) in [5.74, 6) is 0.153. The first-order valence-electron chi connectivity index (χ1n) is 3.71. The number of hydrogen-bond acceptors (Lipinski definition) is 2. The maximum Gasteiger partial charge on any atom is 0.189 e. The minimum Gasteiger partial charge on any atom is -0.495 e. The molecule has 0 saturated heterocycles. The number of rotatable bonds is 1. The van der Waals surface area contributed by atoms with Crippen molar-refractivity contribution in [1.82, 2.24) is 4.98 Å². The van der Waals surface area contributed by atoms with Gasteiger partial charge in [0.25, 0.3) is 0 Å². The number of benzene rings is 1. The molecule has 0 aliphatic rings. The molecule has 2 aromatic rings. The van der Waals surface area contributed by atoms with Gasteiger partial charge in [-0.25, -0.2) is 0 Å². The van der Waals surface area contributed by atoms with E-state index < -0.39 is 0 Å². The van der Waals surface area contributed by atoms with Gasteiger partial charge in [0.2, 0.25) is 0 Å². The Morgan fingerprint density at radius 1 is 1.25 bits per heavy atom. The fourth-order valence-corrected chi connectivity index (χ4v) is 1.27. The molecule has 0 fully saturated rings. The molecule has 0 saturated carbocycles. The van der Waals surface area contributed by atoms with Crippen molar-refractivity contribution < 1.29 is 10.2 Å². The summed E-state index contributed by atoms with van der Waals surface area (Å²) in [6.07, 6.45) is 0. The molecule has 0 aliphatic carbocycles. The summed E-state index contributed by atoms with van der Waals surface area (Å²) in [6.45, 7) is 0.0296. The lowest BCUT2D eigenvalue weighted by Gasteiger charge is -1.94. The van der Waals surface area contributed by atoms with E-state index >= 15 is 0 Å². The monoisotopic (exact) mass is 163 g/mol. The van der Waals surface area contributed by atoms with E-state index in [9.17, 15) is 0 Å². The molecule has 0 amide bonds. The molecule has 0 spiro atoms. The standard InChI is InChI=1S/C9H9NO2/c11-5-6-1-2-8-7(3-6)4-9(12)10-8/h1-4,10-12H,5H2. The molecule has 0 radical (unpaired) electrons. The van der Waals surface area contributed by atoms with Crippen LogP contribution in [0, 0.1) is 0 Å². The van der Waals surface area contributed by atoms with Gasteiger partial charge in [0, 0.05) is 17.0 Å². The van der Waals surface area contributed by atoms with Gasteiger partial charge in [-0.1, -0.05) is 6.07 Å². The Bertz CT molecular complexity index is 406. The van der Waals surface area contributed by atoms with E-state index in [-0.39, 0.29) is 12.5 Å². The van der Waals surface area contributed by atoms with Crippen LogP contribution in [0.2, 0.25) is 0 Å². The maximum absolute atomic E-state index is 9.10. The summed E-state index contributed by atoms with van der Waals surface area (Å²) < 4.78 is 0. The highest BCUT2D eigenvalue weighted by Crippen LogP contribution is 2.20.